The SMILES string of the molecule is COC(=O)C(C)CS(=O)(=O)CC(=O)NCC#N. The van der Waals surface area contributed by atoms with Crippen molar-refractivity contribution in [2.24, 2.45) is 5.92 Å². The molecule has 96 valence electrons. The number of sulfone groups is 1. The van der Waals surface area contributed by atoms with Crippen molar-refractivity contribution in [3.05, 3.63) is 0 Å². The van der Waals surface area contributed by atoms with Gasteiger partial charge in [-0.15, -0.1) is 0 Å². The number of carbonyl (C=O) groups is 2. The van der Waals surface area contributed by atoms with E-state index in [1.165, 1.54) is 6.92 Å². The van der Waals surface area contributed by atoms with Crippen LogP contribution in [0.2, 0.25) is 0 Å². The van der Waals surface area contributed by atoms with E-state index in [0.717, 1.165) is 7.11 Å². The van der Waals surface area contributed by atoms with Crippen LogP contribution in [-0.4, -0.2) is 45.5 Å². The molecule has 1 N–H and O–H groups in total. The number of nitrogens with zero attached hydrogens (tertiary/aromatic N) is 1. The number of nitriles is 1. The first-order chi connectivity index (χ1) is 7.82. The van der Waals surface area contributed by atoms with Gasteiger partial charge in [0, 0.05) is 0 Å². The standard InChI is InChI=1S/C9H14N2O5S/c1-7(9(13)16-2)5-17(14,15)6-8(12)11-4-3-10/h7H,4-6H2,1-2H3,(H,11,12). The molecule has 0 heterocycles. The van der Waals surface area contributed by atoms with E-state index in [-0.39, 0.29) is 6.54 Å². The molecule has 7 nitrogen and oxygen atoms in total. The van der Waals surface area contributed by atoms with E-state index in [9.17, 15) is 18.0 Å². The molecule has 0 aliphatic heterocycles. The fourth-order valence-corrected chi connectivity index (χ4v) is 2.62. The molecule has 0 aromatic carbocycles. The highest BCUT2D eigenvalue weighted by Crippen LogP contribution is 2.04. The zero-order valence-corrected chi connectivity index (χ0v) is 10.4. The lowest BCUT2D eigenvalue weighted by Crippen LogP contribution is -2.33. The highest BCUT2D eigenvalue weighted by molar-refractivity contribution is 7.92. The Kier molecular flexibility index (Phi) is 6.20. The summed E-state index contributed by atoms with van der Waals surface area (Å²) in [4.78, 5) is 22.1. The van der Waals surface area contributed by atoms with Gasteiger partial charge in [0.2, 0.25) is 5.91 Å². The van der Waals surface area contributed by atoms with Crippen molar-refractivity contribution in [1.29, 1.82) is 5.26 Å². The fraction of sp³-hybridized carbons (Fsp3) is 0.667. The van der Waals surface area contributed by atoms with Crippen LogP contribution in [0.25, 0.3) is 0 Å². The fourth-order valence-electron chi connectivity index (χ4n) is 1.10. The van der Waals surface area contributed by atoms with E-state index in [0.29, 0.717) is 0 Å². The quantitative estimate of drug-likeness (QED) is 0.477. The van der Waals surface area contributed by atoms with Gasteiger partial charge in [-0.25, -0.2) is 8.42 Å². The lowest BCUT2D eigenvalue weighted by Gasteiger charge is -2.09. The average Bonchev–Trinajstić information content (AvgIpc) is 2.23. The minimum absolute atomic E-state index is 0.249. The molecule has 0 aliphatic carbocycles. The van der Waals surface area contributed by atoms with Crippen molar-refractivity contribution in [3.8, 4) is 6.07 Å². The van der Waals surface area contributed by atoms with Crippen LogP contribution in [0.3, 0.4) is 0 Å². The molecule has 0 aromatic rings. The smallest absolute Gasteiger partial charge is 0.309 e. The topological polar surface area (TPSA) is 113 Å². The molecule has 0 radical (unpaired) electrons. The van der Waals surface area contributed by atoms with Gasteiger partial charge < -0.3 is 10.1 Å². The minimum atomic E-state index is -3.69. The number of methoxy groups -OCH3 is 1. The Hall–Kier alpha value is -1.62. The Bertz CT molecular complexity index is 423. The maximum absolute atomic E-state index is 11.5. The van der Waals surface area contributed by atoms with Crippen LogP contribution in [0.5, 0.6) is 0 Å². The zero-order valence-electron chi connectivity index (χ0n) is 9.60. The Labute approximate surface area is 99.7 Å². The summed E-state index contributed by atoms with van der Waals surface area (Å²) in [5.74, 6) is -3.43. The number of nitrogens with one attached hydrogen (secondary N) is 1. The third kappa shape index (κ3) is 6.52. The Morgan fingerprint density at radius 2 is 2.06 bits per heavy atom. The monoisotopic (exact) mass is 262 g/mol. The van der Waals surface area contributed by atoms with Gasteiger partial charge >= 0.3 is 5.97 Å². The number of ether oxygens (including phenoxy) is 1. The van der Waals surface area contributed by atoms with Crippen molar-refractivity contribution in [3.63, 3.8) is 0 Å². The summed E-state index contributed by atoms with van der Waals surface area (Å²) in [6.45, 7) is 1.15. The maximum Gasteiger partial charge on any atom is 0.309 e. The van der Waals surface area contributed by atoms with Gasteiger partial charge in [-0.1, -0.05) is 6.92 Å². The van der Waals surface area contributed by atoms with Crippen LogP contribution in [-0.2, 0) is 24.2 Å². The van der Waals surface area contributed by atoms with E-state index in [4.69, 9.17) is 5.26 Å². The first-order valence-corrected chi connectivity index (χ1v) is 6.56. The normalized spacial score (nSPS) is 12.3. The van der Waals surface area contributed by atoms with Gasteiger partial charge in [0.15, 0.2) is 9.84 Å². The largest absolute Gasteiger partial charge is 0.469 e. The molecule has 0 aliphatic rings. The Morgan fingerprint density at radius 1 is 1.47 bits per heavy atom. The second-order valence-electron chi connectivity index (χ2n) is 3.41. The van der Waals surface area contributed by atoms with Crippen molar-refractivity contribution >= 4 is 21.7 Å². The van der Waals surface area contributed by atoms with Crippen LogP contribution in [0.4, 0.5) is 0 Å². The first kappa shape index (κ1) is 15.4. The lowest BCUT2D eigenvalue weighted by molar-refractivity contribution is -0.144. The third-order valence-electron chi connectivity index (χ3n) is 1.82. The summed E-state index contributed by atoms with van der Waals surface area (Å²) in [5.41, 5.74) is 0. The third-order valence-corrected chi connectivity index (χ3v) is 3.53. The number of carbonyl (C=O) groups excluding carboxylic acids is 2. The average molecular weight is 262 g/mol. The van der Waals surface area contributed by atoms with Gasteiger partial charge in [-0.05, 0) is 0 Å². The number of rotatable bonds is 6. The van der Waals surface area contributed by atoms with Crippen LogP contribution in [0.1, 0.15) is 6.92 Å². The second-order valence-corrected chi connectivity index (χ2v) is 5.52. The molecule has 0 spiro atoms. The minimum Gasteiger partial charge on any atom is -0.469 e. The van der Waals surface area contributed by atoms with Gasteiger partial charge in [-0.2, -0.15) is 5.26 Å². The number of hydrogen-bond donors (Lipinski definition) is 1. The predicted octanol–water partition coefficient (Wildman–Crippen LogP) is -1.15. The van der Waals surface area contributed by atoms with Crippen molar-refractivity contribution in [2.75, 3.05) is 25.2 Å². The van der Waals surface area contributed by atoms with E-state index in [2.05, 4.69) is 10.1 Å². The van der Waals surface area contributed by atoms with Crippen molar-refractivity contribution < 1.29 is 22.7 Å². The molecule has 1 amide bonds. The molecule has 1 unspecified atom stereocenters. The summed E-state index contributed by atoms with van der Waals surface area (Å²) in [5, 5.41) is 10.3. The van der Waals surface area contributed by atoms with Gasteiger partial charge in [-0.3, -0.25) is 9.59 Å². The van der Waals surface area contributed by atoms with E-state index >= 15 is 0 Å². The molecule has 1 atom stereocenters. The molecule has 0 aromatic heterocycles. The first-order valence-electron chi connectivity index (χ1n) is 4.74. The summed E-state index contributed by atoms with van der Waals surface area (Å²) < 4.78 is 27.3. The van der Waals surface area contributed by atoms with E-state index in [1.54, 1.807) is 6.07 Å². The molecule has 0 saturated carbocycles. The summed E-state index contributed by atoms with van der Waals surface area (Å²) in [6, 6.07) is 1.65. The number of esters is 1. The summed E-state index contributed by atoms with van der Waals surface area (Å²) in [7, 11) is -2.53. The van der Waals surface area contributed by atoms with Gasteiger partial charge in [0.05, 0.1) is 24.8 Å². The molecule has 8 heteroatoms. The van der Waals surface area contributed by atoms with E-state index in [1.807, 2.05) is 0 Å². The van der Waals surface area contributed by atoms with Crippen molar-refractivity contribution in [1.82, 2.24) is 5.32 Å². The molecular weight excluding hydrogens is 248 g/mol. The molecule has 0 bridgehead atoms. The lowest BCUT2D eigenvalue weighted by atomic mass is 10.2. The molecule has 17 heavy (non-hydrogen) atoms. The molecular formula is C9H14N2O5S. The van der Waals surface area contributed by atoms with Crippen LogP contribution < -0.4 is 5.32 Å². The Morgan fingerprint density at radius 3 is 2.53 bits per heavy atom. The van der Waals surface area contributed by atoms with Gasteiger partial charge in [0.25, 0.3) is 0 Å². The van der Waals surface area contributed by atoms with Crippen molar-refractivity contribution in [2.45, 2.75) is 6.92 Å². The summed E-state index contributed by atoms with van der Waals surface area (Å²) >= 11 is 0. The van der Waals surface area contributed by atoms with Crippen LogP contribution in [0.15, 0.2) is 0 Å². The Balaban J connectivity index is 4.36. The highest BCUT2D eigenvalue weighted by Gasteiger charge is 2.24. The molecule has 0 saturated heterocycles. The van der Waals surface area contributed by atoms with E-state index < -0.39 is 39.1 Å². The maximum atomic E-state index is 11.5. The molecule has 0 rings (SSSR count). The number of hydrogen-bond acceptors (Lipinski definition) is 6. The highest BCUT2D eigenvalue weighted by atomic mass is 32.2. The van der Waals surface area contributed by atoms with Crippen LogP contribution >= 0.6 is 0 Å². The number of amides is 1. The molecule has 0 fully saturated rings. The predicted molar refractivity (Wildman–Crippen MR) is 58.5 cm³/mol. The zero-order chi connectivity index (χ0) is 13.5. The second kappa shape index (κ2) is 6.85. The summed E-state index contributed by atoms with van der Waals surface area (Å²) in [6.07, 6.45) is 0. The van der Waals surface area contributed by atoms with Gasteiger partial charge in [0.1, 0.15) is 12.3 Å². The van der Waals surface area contributed by atoms with Crippen LogP contribution in [0, 0.1) is 17.2 Å².